The molecule has 0 aliphatic carbocycles. The van der Waals surface area contributed by atoms with Gasteiger partial charge in [-0.25, -0.2) is 0 Å². The van der Waals surface area contributed by atoms with Crippen LogP contribution in [0.15, 0.2) is 24.3 Å². The molecule has 2 unspecified atom stereocenters. The van der Waals surface area contributed by atoms with Crippen molar-refractivity contribution in [3.05, 3.63) is 34.9 Å². The van der Waals surface area contributed by atoms with Crippen LogP contribution < -0.4 is 5.32 Å². The quantitative estimate of drug-likeness (QED) is 0.804. The normalized spacial score (nSPS) is 19.3. The van der Waals surface area contributed by atoms with Crippen molar-refractivity contribution in [2.45, 2.75) is 18.3 Å². The molecule has 0 bridgehead atoms. The third-order valence-electron chi connectivity index (χ3n) is 3.48. The summed E-state index contributed by atoms with van der Waals surface area (Å²) in [5.41, 5.74) is 0.858. The number of halogens is 1. The predicted molar refractivity (Wildman–Crippen MR) is 87.8 cm³/mol. The SMILES string of the molecule is COCCNC(=O)C(C)N1C(=O)CSC1c1ccccc1Cl. The summed E-state index contributed by atoms with van der Waals surface area (Å²) in [5, 5.41) is 3.14. The molecule has 2 amide bonds. The Morgan fingerprint density at radius 1 is 1.55 bits per heavy atom. The fraction of sp³-hybridized carbons (Fsp3) is 0.467. The van der Waals surface area contributed by atoms with E-state index >= 15 is 0 Å². The molecular weight excluding hydrogens is 324 g/mol. The molecule has 1 N–H and O–H groups in total. The molecule has 2 rings (SSSR count). The molecule has 0 saturated carbocycles. The summed E-state index contributed by atoms with van der Waals surface area (Å²) in [4.78, 5) is 26.0. The van der Waals surface area contributed by atoms with E-state index in [0.717, 1.165) is 5.56 Å². The van der Waals surface area contributed by atoms with Gasteiger partial charge in [-0.05, 0) is 13.0 Å². The highest BCUT2D eigenvalue weighted by atomic mass is 35.5. The number of nitrogens with one attached hydrogen (secondary N) is 1. The molecule has 1 aliphatic rings. The van der Waals surface area contributed by atoms with Gasteiger partial charge in [0.1, 0.15) is 11.4 Å². The number of carbonyl (C=O) groups is 2. The molecular formula is C15H19ClN2O3S. The highest BCUT2D eigenvalue weighted by molar-refractivity contribution is 8.00. The van der Waals surface area contributed by atoms with Crippen molar-refractivity contribution in [1.29, 1.82) is 0 Å². The summed E-state index contributed by atoms with van der Waals surface area (Å²) >= 11 is 7.72. The summed E-state index contributed by atoms with van der Waals surface area (Å²) in [7, 11) is 1.57. The highest BCUT2D eigenvalue weighted by Gasteiger charge is 2.39. The number of hydrogen-bond donors (Lipinski definition) is 1. The van der Waals surface area contributed by atoms with E-state index in [0.29, 0.717) is 23.9 Å². The van der Waals surface area contributed by atoms with Crippen LogP contribution in [-0.2, 0) is 14.3 Å². The maximum Gasteiger partial charge on any atom is 0.242 e. The van der Waals surface area contributed by atoms with Gasteiger partial charge < -0.3 is 15.0 Å². The first-order valence-corrected chi connectivity index (χ1v) is 8.42. The lowest BCUT2D eigenvalue weighted by Gasteiger charge is -2.30. The van der Waals surface area contributed by atoms with E-state index in [1.54, 1.807) is 25.0 Å². The third kappa shape index (κ3) is 3.74. The minimum absolute atomic E-state index is 0.0516. The second kappa shape index (κ2) is 7.85. The molecule has 1 aromatic rings. The van der Waals surface area contributed by atoms with Gasteiger partial charge in [0.15, 0.2) is 0 Å². The lowest BCUT2D eigenvalue weighted by atomic mass is 10.1. The van der Waals surface area contributed by atoms with Crippen LogP contribution >= 0.6 is 23.4 Å². The molecule has 7 heteroatoms. The second-order valence-corrected chi connectivity index (χ2v) is 6.42. The Bertz CT molecular complexity index is 555. The number of thioether (sulfide) groups is 1. The number of ether oxygens (including phenoxy) is 1. The minimum atomic E-state index is -0.555. The van der Waals surface area contributed by atoms with E-state index in [1.807, 2.05) is 18.2 Å². The van der Waals surface area contributed by atoms with Crippen molar-refractivity contribution in [2.24, 2.45) is 0 Å². The molecule has 2 atom stereocenters. The largest absolute Gasteiger partial charge is 0.383 e. The van der Waals surface area contributed by atoms with Crippen LogP contribution in [0.2, 0.25) is 5.02 Å². The molecule has 1 aliphatic heterocycles. The number of hydrogen-bond acceptors (Lipinski definition) is 4. The van der Waals surface area contributed by atoms with Gasteiger partial charge in [0.25, 0.3) is 0 Å². The predicted octanol–water partition coefficient (Wildman–Crippen LogP) is 2.07. The Hall–Kier alpha value is -1.24. The Balaban J connectivity index is 2.14. The number of amides is 2. The van der Waals surface area contributed by atoms with Gasteiger partial charge >= 0.3 is 0 Å². The first-order valence-electron chi connectivity index (χ1n) is 7.00. The summed E-state index contributed by atoms with van der Waals surface area (Å²) in [6.45, 7) is 2.59. The summed E-state index contributed by atoms with van der Waals surface area (Å²) in [5.74, 6) is 0.111. The average Bonchev–Trinajstić information content (AvgIpc) is 2.88. The average molecular weight is 343 g/mol. The highest BCUT2D eigenvalue weighted by Crippen LogP contribution is 2.42. The monoisotopic (exact) mass is 342 g/mol. The molecule has 0 spiro atoms. The zero-order chi connectivity index (χ0) is 16.1. The van der Waals surface area contributed by atoms with E-state index in [-0.39, 0.29) is 17.2 Å². The van der Waals surface area contributed by atoms with Crippen LogP contribution in [0.1, 0.15) is 17.9 Å². The second-order valence-electron chi connectivity index (χ2n) is 4.95. The molecule has 0 aromatic heterocycles. The Morgan fingerprint density at radius 3 is 2.95 bits per heavy atom. The number of methoxy groups -OCH3 is 1. The molecule has 22 heavy (non-hydrogen) atoms. The third-order valence-corrected chi connectivity index (χ3v) is 5.03. The zero-order valence-corrected chi connectivity index (χ0v) is 14.1. The van der Waals surface area contributed by atoms with Crippen molar-refractivity contribution < 1.29 is 14.3 Å². The van der Waals surface area contributed by atoms with Crippen LogP contribution in [0.4, 0.5) is 0 Å². The minimum Gasteiger partial charge on any atom is -0.383 e. The van der Waals surface area contributed by atoms with Gasteiger partial charge in [0.05, 0.1) is 12.4 Å². The Morgan fingerprint density at radius 2 is 2.27 bits per heavy atom. The maximum absolute atomic E-state index is 12.2. The van der Waals surface area contributed by atoms with Crippen LogP contribution in [-0.4, -0.2) is 48.8 Å². The van der Waals surface area contributed by atoms with Gasteiger partial charge in [0, 0.05) is 24.2 Å². The van der Waals surface area contributed by atoms with Crippen molar-refractivity contribution in [3.63, 3.8) is 0 Å². The lowest BCUT2D eigenvalue weighted by molar-refractivity contribution is -0.137. The van der Waals surface area contributed by atoms with Crippen molar-refractivity contribution in [3.8, 4) is 0 Å². The van der Waals surface area contributed by atoms with E-state index in [2.05, 4.69) is 5.32 Å². The van der Waals surface area contributed by atoms with Gasteiger partial charge in [-0.3, -0.25) is 9.59 Å². The van der Waals surface area contributed by atoms with Crippen molar-refractivity contribution >= 4 is 35.2 Å². The van der Waals surface area contributed by atoms with Crippen molar-refractivity contribution in [2.75, 3.05) is 26.0 Å². The lowest BCUT2D eigenvalue weighted by Crippen LogP contribution is -2.47. The summed E-state index contributed by atoms with van der Waals surface area (Å²) in [6, 6.07) is 6.86. The van der Waals surface area contributed by atoms with Crippen molar-refractivity contribution in [1.82, 2.24) is 10.2 Å². The molecule has 120 valence electrons. The number of nitrogens with zero attached hydrogens (tertiary/aromatic N) is 1. The first-order chi connectivity index (χ1) is 10.6. The van der Waals surface area contributed by atoms with Gasteiger partial charge in [-0.15, -0.1) is 11.8 Å². The van der Waals surface area contributed by atoms with E-state index in [4.69, 9.17) is 16.3 Å². The number of carbonyl (C=O) groups excluding carboxylic acids is 2. The fourth-order valence-electron chi connectivity index (χ4n) is 2.32. The summed E-state index contributed by atoms with van der Waals surface area (Å²) < 4.78 is 4.91. The Kier molecular flexibility index (Phi) is 6.11. The van der Waals surface area contributed by atoms with E-state index in [9.17, 15) is 9.59 Å². The van der Waals surface area contributed by atoms with Gasteiger partial charge in [-0.1, -0.05) is 29.8 Å². The van der Waals surface area contributed by atoms with Gasteiger partial charge in [-0.2, -0.15) is 0 Å². The van der Waals surface area contributed by atoms with Crippen LogP contribution in [0, 0.1) is 0 Å². The molecule has 1 aromatic carbocycles. The maximum atomic E-state index is 12.2. The fourth-order valence-corrected chi connectivity index (χ4v) is 3.92. The topological polar surface area (TPSA) is 58.6 Å². The molecule has 1 saturated heterocycles. The number of benzene rings is 1. The standard InChI is InChI=1S/C15H19ClN2O3S/c1-10(14(20)17-7-8-21-2)18-13(19)9-22-15(18)11-5-3-4-6-12(11)16/h3-6,10,15H,7-9H2,1-2H3,(H,17,20). The van der Waals surface area contributed by atoms with Crippen LogP contribution in [0.3, 0.4) is 0 Å². The number of rotatable bonds is 6. The smallest absolute Gasteiger partial charge is 0.242 e. The molecule has 0 radical (unpaired) electrons. The molecule has 5 nitrogen and oxygen atoms in total. The van der Waals surface area contributed by atoms with Gasteiger partial charge in [0.2, 0.25) is 11.8 Å². The van der Waals surface area contributed by atoms with Crippen LogP contribution in [0.25, 0.3) is 0 Å². The zero-order valence-electron chi connectivity index (χ0n) is 12.5. The van der Waals surface area contributed by atoms with E-state index in [1.165, 1.54) is 11.8 Å². The first kappa shape index (κ1) is 17.1. The van der Waals surface area contributed by atoms with E-state index < -0.39 is 6.04 Å². The van der Waals surface area contributed by atoms with Crippen LogP contribution in [0.5, 0.6) is 0 Å². The molecule has 1 fully saturated rings. The molecule has 1 heterocycles. The Labute approximate surface area is 139 Å². The summed E-state index contributed by atoms with van der Waals surface area (Å²) in [6.07, 6.45) is 0.